The molecule has 0 unspecified atom stereocenters. The number of nitrogen functional groups attached to an aromatic ring is 1. The smallest absolute Gasteiger partial charge is 0.415 e. The normalized spacial score (nSPS) is 10.9. The highest BCUT2D eigenvalue weighted by Gasteiger charge is 2.25. The number of amides is 1. The van der Waals surface area contributed by atoms with Crippen LogP contribution >= 0.6 is 0 Å². The molecule has 0 spiro atoms. The number of hydrogen-bond acceptors (Lipinski definition) is 4. The molecule has 1 amide bonds. The lowest BCUT2D eigenvalue weighted by molar-refractivity contribution is -0.135. The first-order valence-corrected chi connectivity index (χ1v) is 5.77. The Balaban J connectivity index is 2.97. The maximum absolute atomic E-state index is 12.0. The van der Waals surface area contributed by atoms with Crippen molar-refractivity contribution >= 4 is 23.4 Å². The summed E-state index contributed by atoms with van der Waals surface area (Å²) >= 11 is 0. The molecule has 1 aromatic carbocycles. The van der Waals surface area contributed by atoms with Crippen molar-refractivity contribution in [2.75, 3.05) is 17.2 Å². The predicted octanol–water partition coefficient (Wildman–Crippen LogP) is 2.09. The molecule has 3 N–H and O–H groups in total. The topological polar surface area (TPSA) is 92.9 Å². The number of rotatable bonds is 3. The number of nitrogens with two attached hydrogens (primary N) is 1. The van der Waals surface area contributed by atoms with Gasteiger partial charge in [-0.15, -0.1) is 0 Å². The van der Waals surface area contributed by atoms with E-state index in [0.717, 1.165) is 4.90 Å². The molecule has 0 aromatic heterocycles. The third kappa shape index (κ3) is 4.87. The Hall–Kier alpha value is -2.24. The van der Waals surface area contributed by atoms with E-state index in [4.69, 9.17) is 15.6 Å². The van der Waals surface area contributed by atoms with Crippen molar-refractivity contribution in [1.29, 1.82) is 0 Å². The van der Waals surface area contributed by atoms with Crippen molar-refractivity contribution in [3.05, 3.63) is 24.3 Å². The molecular formula is C13H18N2O4. The number of carboxylic acids is 1. The number of carboxylic acid groups (broad SMARTS) is 1. The number of carbonyl (C=O) groups excluding carboxylic acids is 1. The fraction of sp³-hybridized carbons (Fsp3) is 0.385. The standard InChI is InChI=1S/C13H18N2O4/c1-13(2,3)19-12(18)15(8-11(16)17)10-6-4-9(14)5-7-10/h4-7H,8,14H2,1-3H3,(H,16,17). The van der Waals surface area contributed by atoms with E-state index in [1.807, 2.05) is 0 Å². The summed E-state index contributed by atoms with van der Waals surface area (Å²) in [5.74, 6) is -1.12. The lowest BCUT2D eigenvalue weighted by Crippen LogP contribution is -2.40. The molecule has 0 fully saturated rings. The lowest BCUT2D eigenvalue weighted by atomic mass is 10.2. The number of anilines is 2. The highest BCUT2D eigenvalue weighted by atomic mass is 16.6. The van der Waals surface area contributed by atoms with E-state index >= 15 is 0 Å². The zero-order valence-electron chi connectivity index (χ0n) is 11.2. The van der Waals surface area contributed by atoms with Gasteiger partial charge in [-0.1, -0.05) is 0 Å². The molecule has 6 nitrogen and oxygen atoms in total. The molecule has 1 aromatic rings. The van der Waals surface area contributed by atoms with Gasteiger partial charge in [0.2, 0.25) is 0 Å². The van der Waals surface area contributed by atoms with Gasteiger partial charge in [0.1, 0.15) is 12.1 Å². The quantitative estimate of drug-likeness (QED) is 0.817. The molecular weight excluding hydrogens is 248 g/mol. The average Bonchev–Trinajstić information content (AvgIpc) is 2.24. The molecule has 0 aliphatic rings. The van der Waals surface area contributed by atoms with Gasteiger partial charge in [0.25, 0.3) is 0 Å². The van der Waals surface area contributed by atoms with Crippen LogP contribution in [0.3, 0.4) is 0 Å². The molecule has 104 valence electrons. The molecule has 0 saturated heterocycles. The van der Waals surface area contributed by atoms with Crippen LogP contribution in [0, 0.1) is 0 Å². The van der Waals surface area contributed by atoms with Crippen molar-refractivity contribution in [1.82, 2.24) is 0 Å². The van der Waals surface area contributed by atoms with Crippen molar-refractivity contribution in [2.24, 2.45) is 0 Å². The Labute approximate surface area is 111 Å². The Kier molecular flexibility index (Phi) is 4.37. The van der Waals surface area contributed by atoms with Gasteiger partial charge in [-0.3, -0.25) is 9.69 Å². The molecule has 19 heavy (non-hydrogen) atoms. The summed E-state index contributed by atoms with van der Waals surface area (Å²) in [4.78, 5) is 23.9. The van der Waals surface area contributed by atoms with Crippen LogP contribution in [0.15, 0.2) is 24.3 Å². The third-order valence-corrected chi connectivity index (χ3v) is 2.11. The number of nitrogens with zero attached hydrogens (tertiary/aromatic N) is 1. The van der Waals surface area contributed by atoms with E-state index in [9.17, 15) is 9.59 Å². The van der Waals surface area contributed by atoms with Gasteiger partial charge in [-0.2, -0.15) is 0 Å². The molecule has 0 radical (unpaired) electrons. The van der Waals surface area contributed by atoms with Gasteiger partial charge in [0.05, 0.1) is 0 Å². The lowest BCUT2D eigenvalue weighted by Gasteiger charge is -2.26. The number of aliphatic carboxylic acids is 1. The minimum atomic E-state index is -1.12. The van der Waals surface area contributed by atoms with Gasteiger partial charge >= 0.3 is 12.1 Å². The van der Waals surface area contributed by atoms with Crippen molar-refractivity contribution in [3.8, 4) is 0 Å². The first-order valence-electron chi connectivity index (χ1n) is 5.77. The minimum absolute atomic E-state index is 0.422. The van der Waals surface area contributed by atoms with Crippen LogP contribution in [0.4, 0.5) is 16.2 Å². The van der Waals surface area contributed by atoms with E-state index in [2.05, 4.69) is 0 Å². The van der Waals surface area contributed by atoms with Crippen molar-refractivity contribution < 1.29 is 19.4 Å². The summed E-state index contributed by atoms with van der Waals surface area (Å²) in [6.07, 6.45) is -0.709. The number of ether oxygens (including phenoxy) is 1. The second-order valence-corrected chi connectivity index (χ2v) is 5.05. The fourth-order valence-corrected chi connectivity index (χ4v) is 1.37. The zero-order valence-corrected chi connectivity index (χ0v) is 11.2. The summed E-state index contributed by atoms with van der Waals surface area (Å²) in [6, 6.07) is 6.33. The van der Waals surface area contributed by atoms with E-state index < -0.39 is 24.2 Å². The van der Waals surface area contributed by atoms with Crippen LogP contribution in [0.5, 0.6) is 0 Å². The summed E-state index contributed by atoms with van der Waals surface area (Å²) in [5.41, 5.74) is 5.81. The van der Waals surface area contributed by atoms with Gasteiger partial charge in [0, 0.05) is 11.4 Å². The first-order chi connectivity index (χ1) is 8.69. The monoisotopic (exact) mass is 266 g/mol. The average molecular weight is 266 g/mol. The van der Waals surface area contributed by atoms with E-state index in [0.29, 0.717) is 11.4 Å². The van der Waals surface area contributed by atoms with Gasteiger partial charge in [0.15, 0.2) is 0 Å². The molecule has 0 heterocycles. The van der Waals surface area contributed by atoms with Gasteiger partial charge in [-0.25, -0.2) is 4.79 Å². The molecule has 1 rings (SSSR count). The predicted molar refractivity (Wildman–Crippen MR) is 72.1 cm³/mol. The Bertz CT molecular complexity index is 463. The van der Waals surface area contributed by atoms with Crippen LogP contribution < -0.4 is 10.6 Å². The largest absolute Gasteiger partial charge is 0.480 e. The highest BCUT2D eigenvalue weighted by Crippen LogP contribution is 2.19. The maximum Gasteiger partial charge on any atom is 0.415 e. The van der Waals surface area contributed by atoms with E-state index in [1.165, 1.54) is 0 Å². The summed E-state index contributed by atoms with van der Waals surface area (Å²) < 4.78 is 5.18. The number of hydrogen-bond donors (Lipinski definition) is 2. The summed E-state index contributed by atoms with van der Waals surface area (Å²) in [7, 11) is 0. The molecule has 6 heteroatoms. The van der Waals surface area contributed by atoms with Crippen LogP contribution in [0.25, 0.3) is 0 Å². The van der Waals surface area contributed by atoms with E-state index in [-0.39, 0.29) is 0 Å². The molecule has 0 aliphatic carbocycles. The van der Waals surface area contributed by atoms with Crippen molar-refractivity contribution in [3.63, 3.8) is 0 Å². The fourth-order valence-electron chi connectivity index (χ4n) is 1.37. The second-order valence-electron chi connectivity index (χ2n) is 5.05. The summed E-state index contributed by atoms with van der Waals surface area (Å²) in [5, 5.41) is 8.87. The SMILES string of the molecule is CC(C)(C)OC(=O)N(CC(=O)O)c1ccc(N)cc1. The van der Waals surface area contributed by atoms with Crippen LogP contribution in [0.1, 0.15) is 20.8 Å². The Morgan fingerprint density at radius 1 is 1.26 bits per heavy atom. The number of benzene rings is 1. The maximum atomic E-state index is 12.0. The highest BCUT2D eigenvalue weighted by molar-refractivity contribution is 5.93. The summed E-state index contributed by atoms with van der Waals surface area (Å²) in [6.45, 7) is 4.67. The number of carbonyl (C=O) groups is 2. The van der Waals surface area contributed by atoms with Gasteiger partial charge < -0.3 is 15.6 Å². The van der Waals surface area contributed by atoms with Crippen LogP contribution in [0.2, 0.25) is 0 Å². The zero-order chi connectivity index (χ0) is 14.6. The van der Waals surface area contributed by atoms with E-state index in [1.54, 1.807) is 45.0 Å². The molecule has 0 saturated carbocycles. The molecule has 0 aliphatic heterocycles. The Morgan fingerprint density at radius 2 is 1.79 bits per heavy atom. The first kappa shape index (κ1) is 14.8. The molecule has 0 atom stereocenters. The van der Waals surface area contributed by atoms with Crippen LogP contribution in [-0.4, -0.2) is 29.3 Å². The minimum Gasteiger partial charge on any atom is -0.480 e. The van der Waals surface area contributed by atoms with Gasteiger partial charge in [-0.05, 0) is 45.0 Å². The van der Waals surface area contributed by atoms with Crippen LogP contribution in [-0.2, 0) is 9.53 Å². The van der Waals surface area contributed by atoms with Crippen molar-refractivity contribution in [2.45, 2.75) is 26.4 Å². The molecule has 0 bridgehead atoms. The second kappa shape index (κ2) is 5.60. The third-order valence-electron chi connectivity index (χ3n) is 2.11. The Morgan fingerprint density at radius 3 is 2.21 bits per heavy atom.